The summed E-state index contributed by atoms with van der Waals surface area (Å²) in [7, 11) is 0. The van der Waals surface area contributed by atoms with Gasteiger partial charge in [-0.2, -0.15) is 0 Å². The average molecular weight is 292 g/mol. The van der Waals surface area contributed by atoms with E-state index in [0.29, 0.717) is 31.7 Å². The third kappa shape index (κ3) is 6.39. The third-order valence-corrected chi connectivity index (χ3v) is 2.65. The van der Waals surface area contributed by atoms with Gasteiger partial charge in [-0.25, -0.2) is 4.39 Å². The number of nitrogens with two attached hydrogens (primary N) is 1. The van der Waals surface area contributed by atoms with E-state index in [4.69, 9.17) is 10.5 Å². The highest BCUT2D eigenvalue weighted by atomic mass is 19.1. The van der Waals surface area contributed by atoms with Gasteiger partial charge in [-0.05, 0) is 31.0 Å². The topological polar surface area (TPSA) is 64.3 Å². The summed E-state index contributed by atoms with van der Waals surface area (Å²) in [5.74, 6) is 4.44. The molecule has 0 spiro atoms. The second kappa shape index (κ2) is 9.92. The minimum absolute atomic E-state index is 0.00621. The van der Waals surface area contributed by atoms with Crippen molar-refractivity contribution in [3.63, 3.8) is 0 Å². The summed E-state index contributed by atoms with van der Waals surface area (Å²) in [5.41, 5.74) is 5.84. The molecule has 0 bridgehead atoms. The van der Waals surface area contributed by atoms with Crippen molar-refractivity contribution in [3.8, 4) is 11.8 Å². The zero-order chi connectivity index (χ0) is 15.5. The molecule has 0 aliphatic rings. The van der Waals surface area contributed by atoms with Crippen molar-refractivity contribution in [2.24, 2.45) is 5.73 Å². The average Bonchev–Trinajstić information content (AvgIpc) is 2.49. The van der Waals surface area contributed by atoms with Gasteiger partial charge in [0, 0.05) is 25.3 Å². The number of ether oxygens (including phenoxy) is 1. The first-order chi connectivity index (χ1) is 10.2. The predicted octanol–water partition coefficient (Wildman–Crippen LogP) is 1.68. The maximum atomic E-state index is 13.7. The molecule has 114 valence electrons. The smallest absolute Gasteiger partial charge is 0.254 e. The van der Waals surface area contributed by atoms with Gasteiger partial charge in [0.25, 0.3) is 5.91 Å². The molecule has 5 heteroatoms. The molecule has 0 atom stereocenters. The van der Waals surface area contributed by atoms with Crippen LogP contribution in [0.4, 0.5) is 4.39 Å². The van der Waals surface area contributed by atoms with Crippen LogP contribution in [0, 0.1) is 17.7 Å². The molecular formula is C16H21FN2O2. The molecule has 1 aromatic carbocycles. The molecule has 1 amide bonds. The van der Waals surface area contributed by atoms with Crippen molar-refractivity contribution in [1.82, 2.24) is 5.32 Å². The quantitative estimate of drug-likeness (QED) is 0.593. The summed E-state index contributed by atoms with van der Waals surface area (Å²) < 4.78 is 19.0. The van der Waals surface area contributed by atoms with Crippen LogP contribution in [0.25, 0.3) is 0 Å². The Morgan fingerprint density at radius 1 is 1.43 bits per heavy atom. The monoisotopic (exact) mass is 292 g/mol. The van der Waals surface area contributed by atoms with Crippen LogP contribution < -0.4 is 11.1 Å². The van der Waals surface area contributed by atoms with Crippen molar-refractivity contribution in [1.29, 1.82) is 0 Å². The largest absolute Gasteiger partial charge is 0.381 e. The number of halogens is 1. The Labute approximate surface area is 124 Å². The molecule has 1 rings (SSSR count). The molecule has 0 unspecified atom stereocenters. The van der Waals surface area contributed by atoms with E-state index < -0.39 is 11.7 Å². The zero-order valence-electron chi connectivity index (χ0n) is 12.2. The summed E-state index contributed by atoms with van der Waals surface area (Å²) in [5, 5.41) is 2.67. The van der Waals surface area contributed by atoms with Crippen LogP contribution in [0.2, 0.25) is 0 Å². The second-order valence-corrected chi connectivity index (χ2v) is 4.42. The fourth-order valence-corrected chi connectivity index (χ4v) is 1.65. The lowest BCUT2D eigenvalue weighted by Crippen LogP contribution is -2.26. The second-order valence-electron chi connectivity index (χ2n) is 4.42. The molecule has 0 saturated carbocycles. The van der Waals surface area contributed by atoms with E-state index in [1.54, 1.807) is 0 Å². The molecule has 0 aliphatic carbocycles. The Bertz CT molecular complexity index is 521. The molecule has 3 N–H and O–H groups in total. The van der Waals surface area contributed by atoms with Crippen molar-refractivity contribution in [2.75, 3.05) is 26.3 Å². The number of hydrogen-bond acceptors (Lipinski definition) is 3. The highest BCUT2D eigenvalue weighted by molar-refractivity contribution is 5.94. The van der Waals surface area contributed by atoms with Gasteiger partial charge in [-0.3, -0.25) is 4.79 Å². The Hall–Kier alpha value is -1.90. The van der Waals surface area contributed by atoms with Crippen LogP contribution in [-0.4, -0.2) is 32.2 Å². The Balaban J connectivity index is 2.53. The Kier molecular flexibility index (Phi) is 8.10. The molecular weight excluding hydrogens is 271 g/mol. The molecule has 0 aliphatic heterocycles. The SMILES string of the molecule is CCCOCCCNC(=O)c1cc(C#CCN)ccc1F. The maximum absolute atomic E-state index is 13.7. The van der Waals surface area contributed by atoms with E-state index in [1.165, 1.54) is 18.2 Å². The Morgan fingerprint density at radius 3 is 2.95 bits per heavy atom. The van der Waals surface area contributed by atoms with Crippen LogP contribution >= 0.6 is 0 Å². The number of amides is 1. The fourth-order valence-electron chi connectivity index (χ4n) is 1.65. The van der Waals surface area contributed by atoms with Gasteiger partial charge in [0.1, 0.15) is 5.82 Å². The number of benzene rings is 1. The molecule has 1 aromatic rings. The number of hydrogen-bond donors (Lipinski definition) is 2. The minimum atomic E-state index is -0.562. The van der Waals surface area contributed by atoms with E-state index in [-0.39, 0.29) is 12.1 Å². The summed E-state index contributed by atoms with van der Waals surface area (Å²) in [4.78, 5) is 11.9. The first-order valence-corrected chi connectivity index (χ1v) is 7.03. The molecule has 0 saturated heterocycles. The first kappa shape index (κ1) is 17.2. The lowest BCUT2D eigenvalue weighted by atomic mass is 10.1. The van der Waals surface area contributed by atoms with Gasteiger partial charge >= 0.3 is 0 Å². The molecule has 0 aromatic heterocycles. The lowest BCUT2D eigenvalue weighted by molar-refractivity contribution is 0.0937. The normalized spacial score (nSPS) is 9.86. The highest BCUT2D eigenvalue weighted by Gasteiger charge is 2.11. The third-order valence-electron chi connectivity index (χ3n) is 2.65. The predicted molar refractivity (Wildman–Crippen MR) is 80.4 cm³/mol. The van der Waals surface area contributed by atoms with Crippen LogP contribution in [-0.2, 0) is 4.74 Å². The summed E-state index contributed by atoms with van der Waals surface area (Å²) in [6.07, 6.45) is 1.66. The van der Waals surface area contributed by atoms with Crippen molar-refractivity contribution in [2.45, 2.75) is 19.8 Å². The highest BCUT2D eigenvalue weighted by Crippen LogP contribution is 2.10. The number of carbonyl (C=O) groups is 1. The van der Waals surface area contributed by atoms with Crippen LogP contribution in [0.15, 0.2) is 18.2 Å². The molecule has 0 fully saturated rings. The minimum Gasteiger partial charge on any atom is -0.381 e. The lowest BCUT2D eigenvalue weighted by Gasteiger charge is -2.07. The van der Waals surface area contributed by atoms with Crippen LogP contribution in [0.1, 0.15) is 35.7 Å². The van der Waals surface area contributed by atoms with E-state index in [1.807, 2.05) is 6.92 Å². The molecule has 21 heavy (non-hydrogen) atoms. The zero-order valence-corrected chi connectivity index (χ0v) is 12.2. The molecule has 0 heterocycles. The summed E-state index contributed by atoms with van der Waals surface area (Å²) in [6.45, 7) is 3.99. The van der Waals surface area contributed by atoms with Crippen molar-refractivity contribution < 1.29 is 13.9 Å². The van der Waals surface area contributed by atoms with E-state index >= 15 is 0 Å². The first-order valence-electron chi connectivity index (χ1n) is 7.03. The number of carbonyl (C=O) groups excluding carboxylic acids is 1. The number of nitrogens with one attached hydrogen (secondary N) is 1. The van der Waals surface area contributed by atoms with Crippen LogP contribution in [0.5, 0.6) is 0 Å². The molecule has 4 nitrogen and oxygen atoms in total. The number of rotatable bonds is 7. The van der Waals surface area contributed by atoms with E-state index in [9.17, 15) is 9.18 Å². The van der Waals surface area contributed by atoms with Crippen LogP contribution in [0.3, 0.4) is 0 Å². The van der Waals surface area contributed by atoms with Crippen molar-refractivity contribution >= 4 is 5.91 Å². The van der Waals surface area contributed by atoms with Gasteiger partial charge in [0.05, 0.1) is 12.1 Å². The molecule has 0 radical (unpaired) electrons. The van der Waals surface area contributed by atoms with Gasteiger partial charge in [0.2, 0.25) is 0 Å². The van der Waals surface area contributed by atoms with Gasteiger partial charge < -0.3 is 15.8 Å². The van der Waals surface area contributed by atoms with Gasteiger partial charge in [0.15, 0.2) is 0 Å². The van der Waals surface area contributed by atoms with E-state index in [0.717, 1.165) is 6.42 Å². The Morgan fingerprint density at radius 2 is 2.24 bits per heavy atom. The summed E-state index contributed by atoms with van der Waals surface area (Å²) in [6, 6.07) is 4.19. The fraction of sp³-hybridized carbons (Fsp3) is 0.438. The van der Waals surface area contributed by atoms with Gasteiger partial charge in [-0.15, -0.1) is 0 Å². The van der Waals surface area contributed by atoms with Crippen molar-refractivity contribution in [3.05, 3.63) is 35.1 Å². The standard InChI is InChI=1S/C16H21FN2O2/c1-2-10-21-11-4-9-19-16(20)14-12-13(5-3-8-18)6-7-15(14)17/h6-7,12H,2,4,8-11,18H2,1H3,(H,19,20). The van der Waals surface area contributed by atoms with E-state index in [2.05, 4.69) is 17.2 Å². The maximum Gasteiger partial charge on any atom is 0.254 e. The van der Waals surface area contributed by atoms with Gasteiger partial charge in [-0.1, -0.05) is 18.8 Å². The summed E-state index contributed by atoms with van der Waals surface area (Å²) >= 11 is 0.